The second-order valence-electron chi connectivity index (χ2n) is 2.52. The summed E-state index contributed by atoms with van der Waals surface area (Å²) < 4.78 is 30.1. The Morgan fingerprint density at radius 2 is 2.00 bits per heavy atom. The smallest absolute Gasteiger partial charge is 0.282 e. The van der Waals surface area contributed by atoms with E-state index in [2.05, 4.69) is 5.18 Å². The van der Waals surface area contributed by atoms with Crippen LogP contribution in [0.4, 0.5) is 5.69 Å². The second-order valence-corrected chi connectivity index (χ2v) is 3.91. The van der Waals surface area contributed by atoms with Crippen molar-refractivity contribution < 1.29 is 13.0 Å². The average molecular weight is 201 g/mol. The van der Waals surface area contributed by atoms with E-state index in [-0.39, 0.29) is 10.6 Å². The summed E-state index contributed by atoms with van der Waals surface area (Å²) in [6, 6.07) is 3.65. The van der Waals surface area contributed by atoms with Gasteiger partial charge >= 0.3 is 0 Å². The highest BCUT2D eigenvalue weighted by atomic mass is 32.2. The van der Waals surface area contributed by atoms with Crippen molar-refractivity contribution >= 4 is 15.8 Å². The molecule has 13 heavy (non-hydrogen) atoms. The maximum Gasteiger partial charge on any atom is 0.294 e. The van der Waals surface area contributed by atoms with E-state index in [9.17, 15) is 13.3 Å². The van der Waals surface area contributed by atoms with Gasteiger partial charge in [-0.1, -0.05) is 0 Å². The van der Waals surface area contributed by atoms with Crippen LogP contribution in [0.25, 0.3) is 0 Å². The van der Waals surface area contributed by atoms with Gasteiger partial charge in [-0.15, -0.1) is 4.91 Å². The van der Waals surface area contributed by atoms with E-state index in [0.29, 0.717) is 5.56 Å². The Balaban J connectivity index is 3.37. The minimum absolute atomic E-state index is 0.130. The molecule has 0 heterocycles. The van der Waals surface area contributed by atoms with Crippen LogP contribution in [0.2, 0.25) is 0 Å². The molecule has 0 aliphatic rings. The summed E-state index contributed by atoms with van der Waals surface area (Å²) in [5.41, 5.74) is 0.421. The van der Waals surface area contributed by atoms with E-state index in [4.69, 9.17) is 4.55 Å². The molecule has 70 valence electrons. The van der Waals surface area contributed by atoms with Gasteiger partial charge in [0, 0.05) is 0 Å². The zero-order chi connectivity index (χ0) is 10.1. The molecule has 0 saturated carbocycles. The summed E-state index contributed by atoms with van der Waals surface area (Å²) in [6.07, 6.45) is 0. The molecule has 1 rings (SSSR count). The van der Waals surface area contributed by atoms with Crippen LogP contribution in [0.1, 0.15) is 5.56 Å². The molecule has 0 spiro atoms. The summed E-state index contributed by atoms with van der Waals surface area (Å²) in [5.74, 6) is 0. The summed E-state index contributed by atoms with van der Waals surface area (Å²) in [6.45, 7) is 1.47. The lowest BCUT2D eigenvalue weighted by Crippen LogP contribution is -1.99. The van der Waals surface area contributed by atoms with E-state index in [0.717, 1.165) is 6.07 Å². The van der Waals surface area contributed by atoms with Gasteiger partial charge in [0.2, 0.25) is 0 Å². The third kappa shape index (κ3) is 2.10. The Morgan fingerprint density at radius 1 is 1.38 bits per heavy atom. The first-order valence-corrected chi connectivity index (χ1v) is 4.80. The first-order chi connectivity index (χ1) is 5.95. The van der Waals surface area contributed by atoms with Crippen molar-refractivity contribution in [2.75, 3.05) is 0 Å². The van der Waals surface area contributed by atoms with E-state index in [1.807, 2.05) is 0 Å². The number of nitroso groups, excluding NO2 is 1. The molecule has 1 aromatic carbocycles. The molecule has 0 bridgehead atoms. The summed E-state index contributed by atoms with van der Waals surface area (Å²) in [7, 11) is -4.20. The van der Waals surface area contributed by atoms with Crippen LogP contribution in [0, 0.1) is 11.8 Å². The van der Waals surface area contributed by atoms with Crippen molar-refractivity contribution in [2.45, 2.75) is 11.8 Å². The maximum atomic E-state index is 10.7. The molecule has 0 fully saturated rings. The fourth-order valence-corrected chi connectivity index (χ4v) is 1.69. The minimum atomic E-state index is -4.20. The summed E-state index contributed by atoms with van der Waals surface area (Å²) in [4.78, 5) is 9.85. The number of aryl methyl sites for hydroxylation is 1. The van der Waals surface area contributed by atoms with Crippen molar-refractivity contribution in [3.63, 3.8) is 0 Å². The van der Waals surface area contributed by atoms with Gasteiger partial charge in [-0.25, -0.2) is 0 Å². The van der Waals surface area contributed by atoms with Gasteiger partial charge in [-0.2, -0.15) is 8.42 Å². The van der Waals surface area contributed by atoms with E-state index < -0.39 is 10.1 Å². The van der Waals surface area contributed by atoms with Crippen LogP contribution >= 0.6 is 0 Å². The molecule has 6 heteroatoms. The zero-order valence-corrected chi connectivity index (χ0v) is 7.58. The fraction of sp³-hybridized carbons (Fsp3) is 0.143. The molecule has 0 aliphatic carbocycles. The number of rotatable bonds is 2. The Labute approximate surface area is 75.1 Å². The molecule has 0 atom stereocenters. The minimum Gasteiger partial charge on any atom is -0.282 e. The normalized spacial score (nSPS) is 11.2. The van der Waals surface area contributed by atoms with Crippen molar-refractivity contribution in [3.8, 4) is 0 Å². The monoisotopic (exact) mass is 201 g/mol. The molecule has 0 aliphatic heterocycles. The molecule has 1 aromatic rings. The number of nitrogens with zero attached hydrogens (tertiary/aromatic N) is 1. The van der Waals surface area contributed by atoms with Gasteiger partial charge < -0.3 is 0 Å². The highest BCUT2D eigenvalue weighted by Gasteiger charge is 2.12. The molecule has 5 nitrogen and oxygen atoms in total. The second kappa shape index (κ2) is 3.23. The predicted molar refractivity (Wildman–Crippen MR) is 46.4 cm³/mol. The van der Waals surface area contributed by atoms with E-state index in [1.54, 1.807) is 0 Å². The van der Waals surface area contributed by atoms with E-state index >= 15 is 0 Å². The van der Waals surface area contributed by atoms with Crippen LogP contribution in [0.5, 0.6) is 0 Å². The van der Waals surface area contributed by atoms with Gasteiger partial charge in [0.25, 0.3) is 10.1 Å². The first-order valence-electron chi connectivity index (χ1n) is 3.36. The molecule has 0 saturated heterocycles. The average Bonchev–Trinajstić information content (AvgIpc) is 2.01. The third-order valence-corrected chi connectivity index (χ3v) is 2.56. The van der Waals surface area contributed by atoms with Crippen molar-refractivity contribution in [1.29, 1.82) is 0 Å². The molecular formula is C7H7NO4S. The summed E-state index contributed by atoms with van der Waals surface area (Å²) in [5, 5.41) is 2.63. The van der Waals surface area contributed by atoms with Gasteiger partial charge in [0.05, 0.1) is 4.90 Å². The predicted octanol–water partition coefficient (Wildman–Crippen LogP) is 1.64. The Kier molecular flexibility index (Phi) is 2.44. The Hall–Kier alpha value is -1.27. The van der Waals surface area contributed by atoms with Crippen molar-refractivity contribution in [1.82, 2.24) is 0 Å². The molecule has 0 unspecified atom stereocenters. The maximum absolute atomic E-state index is 10.7. The quantitative estimate of drug-likeness (QED) is 0.582. The largest absolute Gasteiger partial charge is 0.294 e. The molecule has 0 amide bonds. The Morgan fingerprint density at radius 3 is 2.38 bits per heavy atom. The van der Waals surface area contributed by atoms with Gasteiger partial charge in [0.1, 0.15) is 5.69 Å². The van der Waals surface area contributed by atoms with Gasteiger partial charge in [-0.3, -0.25) is 4.55 Å². The van der Waals surface area contributed by atoms with Crippen LogP contribution < -0.4 is 0 Å². The van der Waals surface area contributed by atoms with Crippen LogP contribution in [-0.4, -0.2) is 13.0 Å². The molecule has 0 aromatic heterocycles. The number of hydrogen-bond acceptors (Lipinski definition) is 4. The SMILES string of the molecule is Cc1cc(N=O)ccc1S(=O)(=O)O. The lowest BCUT2D eigenvalue weighted by Gasteiger charge is -2.00. The van der Waals surface area contributed by atoms with Crippen molar-refractivity contribution in [3.05, 3.63) is 28.7 Å². The number of hydrogen-bond donors (Lipinski definition) is 1. The van der Waals surface area contributed by atoms with E-state index in [1.165, 1.54) is 19.1 Å². The van der Waals surface area contributed by atoms with Crippen LogP contribution in [0.3, 0.4) is 0 Å². The zero-order valence-electron chi connectivity index (χ0n) is 6.76. The van der Waals surface area contributed by atoms with Crippen LogP contribution in [0.15, 0.2) is 28.3 Å². The lowest BCUT2D eigenvalue weighted by atomic mass is 10.2. The lowest BCUT2D eigenvalue weighted by molar-refractivity contribution is 0.482. The topological polar surface area (TPSA) is 83.8 Å². The van der Waals surface area contributed by atoms with Gasteiger partial charge in [-0.05, 0) is 35.9 Å². The highest BCUT2D eigenvalue weighted by Crippen LogP contribution is 2.20. The third-order valence-electron chi connectivity index (χ3n) is 1.54. The molecule has 1 N–H and O–H groups in total. The van der Waals surface area contributed by atoms with Gasteiger partial charge in [0.15, 0.2) is 0 Å². The number of benzene rings is 1. The first kappa shape index (κ1) is 9.82. The van der Waals surface area contributed by atoms with Crippen molar-refractivity contribution in [2.24, 2.45) is 5.18 Å². The summed E-state index contributed by atoms with van der Waals surface area (Å²) >= 11 is 0. The fourth-order valence-electron chi connectivity index (χ4n) is 0.980. The van der Waals surface area contributed by atoms with Crippen LogP contribution in [-0.2, 0) is 10.1 Å². The molecule has 0 radical (unpaired) electrons. The standard InChI is InChI=1S/C7H7NO4S/c1-5-4-6(8-9)2-3-7(5)13(10,11)12/h2-4H,1H3,(H,10,11,12). The molecular weight excluding hydrogens is 194 g/mol. The highest BCUT2D eigenvalue weighted by molar-refractivity contribution is 7.85. The Bertz CT molecular complexity index is 438.